The van der Waals surface area contributed by atoms with E-state index in [0.717, 1.165) is 83.5 Å². The maximum atomic E-state index is 12.9. The van der Waals surface area contributed by atoms with Crippen LogP contribution in [0.4, 0.5) is 0 Å². The molecule has 0 fully saturated rings. The lowest BCUT2D eigenvalue weighted by Gasteiger charge is -2.18. The van der Waals surface area contributed by atoms with Gasteiger partial charge in [-0.05, 0) is 64.2 Å². The molecule has 6 heteroatoms. The molecule has 426 valence electrons. The van der Waals surface area contributed by atoms with Gasteiger partial charge in [0.2, 0.25) is 0 Å². The van der Waals surface area contributed by atoms with Gasteiger partial charge in [-0.15, -0.1) is 0 Å². The first-order valence-electron chi connectivity index (χ1n) is 32.1. The Morgan fingerprint density at radius 2 is 0.493 bits per heavy atom. The van der Waals surface area contributed by atoms with Crippen molar-refractivity contribution in [2.45, 2.75) is 348 Å². The largest absolute Gasteiger partial charge is 0.462 e. The zero-order chi connectivity index (χ0) is 52.9. The molecule has 73 heavy (non-hydrogen) atoms. The third-order valence-corrected chi connectivity index (χ3v) is 14.3. The first-order valence-corrected chi connectivity index (χ1v) is 32.1. The molecule has 0 rings (SSSR count). The molecule has 0 N–H and O–H groups in total. The quantitative estimate of drug-likeness (QED) is 0.0261. The van der Waals surface area contributed by atoms with E-state index in [2.05, 4.69) is 69.4 Å². The molecular weight excluding hydrogens is 901 g/mol. The standard InChI is InChI=1S/C67H122O6/c1-4-7-10-13-16-19-22-25-28-30-32-33-35-37-40-43-46-49-52-55-58-61-67(70)73-64(62-71-65(68)59-56-53-50-47-44-41-38-27-24-21-18-15-12-9-6-3)63-72-66(69)60-57-54-51-48-45-42-39-36-34-31-29-26-23-20-17-14-11-8-5-2/h17,20,26,29,34,36,42,45,64H,4-16,18-19,21-25,27-28,30-33,35,37-41,43-44,46-63H2,1-3H3/b20-17-,29-26-,36-34-,45-42-/t64-/m0/s1. The number of unbranched alkanes of at least 4 members (excludes halogenated alkanes) is 40. The van der Waals surface area contributed by atoms with Gasteiger partial charge in [0, 0.05) is 19.3 Å². The summed E-state index contributed by atoms with van der Waals surface area (Å²) < 4.78 is 16.9. The third-order valence-electron chi connectivity index (χ3n) is 14.3. The number of hydrogen-bond donors (Lipinski definition) is 0. The minimum absolute atomic E-state index is 0.0784. The molecule has 0 spiro atoms. The van der Waals surface area contributed by atoms with Crippen molar-refractivity contribution in [1.29, 1.82) is 0 Å². The van der Waals surface area contributed by atoms with E-state index in [1.807, 2.05) is 0 Å². The lowest BCUT2D eigenvalue weighted by atomic mass is 10.0. The van der Waals surface area contributed by atoms with Crippen molar-refractivity contribution in [2.75, 3.05) is 13.2 Å². The molecule has 0 aromatic carbocycles. The molecule has 0 aromatic heterocycles. The van der Waals surface area contributed by atoms with E-state index in [1.54, 1.807) is 0 Å². The van der Waals surface area contributed by atoms with Crippen molar-refractivity contribution in [2.24, 2.45) is 0 Å². The second-order valence-corrected chi connectivity index (χ2v) is 21.7. The predicted octanol–water partition coefficient (Wildman–Crippen LogP) is 21.8. The van der Waals surface area contributed by atoms with Gasteiger partial charge in [-0.25, -0.2) is 0 Å². The van der Waals surface area contributed by atoms with Crippen LogP contribution >= 0.6 is 0 Å². The van der Waals surface area contributed by atoms with E-state index in [4.69, 9.17) is 14.2 Å². The van der Waals surface area contributed by atoms with Gasteiger partial charge in [-0.3, -0.25) is 14.4 Å². The van der Waals surface area contributed by atoms with Crippen LogP contribution in [-0.2, 0) is 28.6 Å². The van der Waals surface area contributed by atoms with Crippen molar-refractivity contribution in [3.63, 3.8) is 0 Å². The number of carbonyl (C=O) groups is 3. The number of rotatable bonds is 59. The van der Waals surface area contributed by atoms with Gasteiger partial charge in [0.05, 0.1) is 0 Å². The molecule has 6 nitrogen and oxygen atoms in total. The molecular formula is C67H122O6. The molecule has 0 bridgehead atoms. The Balaban J connectivity index is 4.37. The van der Waals surface area contributed by atoms with Crippen molar-refractivity contribution < 1.29 is 28.6 Å². The van der Waals surface area contributed by atoms with Gasteiger partial charge < -0.3 is 14.2 Å². The molecule has 0 saturated heterocycles. The third kappa shape index (κ3) is 60.1. The summed E-state index contributed by atoms with van der Waals surface area (Å²) >= 11 is 0. The fraction of sp³-hybridized carbons (Fsp3) is 0.836. The van der Waals surface area contributed by atoms with Gasteiger partial charge in [-0.1, -0.05) is 307 Å². The Bertz CT molecular complexity index is 1270. The van der Waals surface area contributed by atoms with Crippen molar-refractivity contribution in [3.8, 4) is 0 Å². The number of carbonyl (C=O) groups excluding carboxylic acids is 3. The second-order valence-electron chi connectivity index (χ2n) is 21.7. The van der Waals surface area contributed by atoms with Crippen LogP contribution in [0.25, 0.3) is 0 Å². The van der Waals surface area contributed by atoms with Crippen LogP contribution < -0.4 is 0 Å². The maximum absolute atomic E-state index is 12.9. The second kappa shape index (κ2) is 61.9. The molecule has 0 unspecified atom stereocenters. The summed E-state index contributed by atoms with van der Waals surface area (Å²) in [6.07, 6.45) is 76.8. The van der Waals surface area contributed by atoms with Gasteiger partial charge >= 0.3 is 17.9 Å². The Morgan fingerprint density at radius 3 is 0.795 bits per heavy atom. The Labute approximate surface area is 454 Å². The normalized spacial score (nSPS) is 12.3. The summed E-state index contributed by atoms with van der Waals surface area (Å²) in [4.78, 5) is 38.3. The summed E-state index contributed by atoms with van der Waals surface area (Å²) in [5.41, 5.74) is 0. The monoisotopic (exact) mass is 1020 g/mol. The molecule has 0 aliphatic carbocycles. The van der Waals surface area contributed by atoms with Gasteiger partial charge in [-0.2, -0.15) is 0 Å². The van der Waals surface area contributed by atoms with Crippen molar-refractivity contribution >= 4 is 17.9 Å². The summed E-state index contributed by atoms with van der Waals surface area (Å²) in [7, 11) is 0. The maximum Gasteiger partial charge on any atom is 0.306 e. The highest BCUT2D eigenvalue weighted by Gasteiger charge is 2.19. The summed E-state index contributed by atoms with van der Waals surface area (Å²) in [6.45, 7) is 6.64. The molecule has 0 aromatic rings. The topological polar surface area (TPSA) is 78.9 Å². The van der Waals surface area contributed by atoms with Gasteiger partial charge in [0.15, 0.2) is 6.10 Å². The lowest BCUT2D eigenvalue weighted by molar-refractivity contribution is -0.167. The highest BCUT2D eigenvalue weighted by atomic mass is 16.6. The minimum atomic E-state index is -0.783. The van der Waals surface area contributed by atoms with Crippen molar-refractivity contribution in [3.05, 3.63) is 48.6 Å². The van der Waals surface area contributed by atoms with Crippen molar-refractivity contribution in [1.82, 2.24) is 0 Å². The Morgan fingerprint density at radius 1 is 0.274 bits per heavy atom. The number of hydrogen-bond acceptors (Lipinski definition) is 6. The zero-order valence-corrected chi connectivity index (χ0v) is 48.9. The average molecular weight is 1020 g/mol. The number of esters is 3. The van der Waals surface area contributed by atoms with Crippen LogP contribution in [0.2, 0.25) is 0 Å². The van der Waals surface area contributed by atoms with E-state index in [9.17, 15) is 14.4 Å². The summed E-state index contributed by atoms with van der Waals surface area (Å²) in [5.74, 6) is -0.887. The first kappa shape index (κ1) is 70.4. The van der Waals surface area contributed by atoms with Crippen LogP contribution in [0.1, 0.15) is 342 Å². The van der Waals surface area contributed by atoms with Gasteiger partial charge in [0.25, 0.3) is 0 Å². The van der Waals surface area contributed by atoms with E-state index in [-0.39, 0.29) is 31.1 Å². The molecule has 0 radical (unpaired) electrons. The predicted molar refractivity (Wildman–Crippen MR) is 316 cm³/mol. The van der Waals surface area contributed by atoms with Crippen LogP contribution in [0.5, 0.6) is 0 Å². The van der Waals surface area contributed by atoms with Crippen LogP contribution in [-0.4, -0.2) is 37.2 Å². The minimum Gasteiger partial charge on any atom is -0.462 e. The fourth-order valence-corrected chi connectivity index (χ4v) is 9.49. The first-order chi connectivity index (χ1) is 36.0. The number of ether oxygens (including phenoxy) is 3. The van der Waals surface area contributed by atoms with E-state index in [1.165, 1.54) is 218 Å². The molecule has 1 atom stereocenters. The van der Waals surface area contributed by atoms with E-state index >= 15 is 0 Å². The molecule has 0 aliphatic heterocycles. The highest BCUT2D eigenvalue weighted by molar-refractivity contribution is 5.71. The smallest absolute Gasteiger partial charge is 0.306 e. The lowest BCUT2D eigenvalue weighted by Crippen LogP contribution is -2.30. The van der Waals surface area contributed by atoms with Crippen LogP contribution in [0, 0.1) is 0 Å². The van der Waals surface area contributed by atoms with E-state index in [0.29, 0.717) is 19.3 Å². The Kier molecular flexibility index (Phi) is 59.7. The average Bonchev–Trinajstić information content (AvgIpc) is 3.39. The zero-order valence-electron chi connectivity index (χ0n) is 48.9. The van der Waals surface area contributed by atoms with Gasteiger partial charge in [0.1, 0.15) is 13.2 Å². The molecule has 0 heterocycles. The number of allylic oxidation sites excluding steroid dienone is 8. The van der Waals surface area contributed by atoms with Crippen LogP contribution in [0.3, 0.4) is 0 Å². The molecule has 0 saturated carbocycles. The fourth-order valence-electron chi connectivity index (χ4n) is 9.49. The highest BCUT2D eigenvalue weighted by Crippen LogP contribution is 2.18. The van der Waals surface area contributed by atoms with Crippen LogP contribution in [0.15, 0.2) is 48.6 Å². The van der Waals surface area contributed by atoms with E-state index < -0.39 is 6.10 Å². The summed E-state index contributed by atoms with van der Waals surface area (Å²) in [6, 6.07) is 0. The summed E-state index contributed by atoms with van der Waals surface area (Å²) in [5, 5.41) is 0. The SMILES string of the molecule is CCCCC/C=C\C/C=C\C/C=C\C/C=C\CCCCCC(=O)OC[C@H](COC(=O)CCCCCCCCCCCCCCCCC)OC(=O)CCCCCCCCCCCCCCCCCCCCCCC. The Hall–Kier alpha value is -2.63. The molecule has 0 amide bonds. The molecule has 0 aliphatic rings.